The van der Waals surface area contributed by atoms with Crippen LogP contribution in [0.4, 0.5) is 5.69 Å². The first-order valence-electron chi connectivity index (χ1n) is 7.68. The lowest BCUT2D eigenvalue weighted by Gasteiger charge is -2.24. The number of rotatable bonds is 6. The molecule has 0 unspecified atom stereocenters. The molecule has 0 spiro atoms. The third-order valence-corrected chi connectivity index (χ3v) is 3.59. The van der Waals surface area contributed by atoms with Crippen LogP contribution in [0.3, 0.4) is 0 Å². The Bertz CT molecular complexity index is 670. The van der Waals surface area contributed by atoms with Gasteiger partial charge in [0.05, 0.1) is 0 Å². The summed E-state index contributed by atoms with van der Waals surface area (Å²) in [6, 6.07) is 27.9. The van der Waals surface area contributed by atoms with Crippen LogP contribution >= 0.6 is 0 Å². The van der Waals surface area contributed by atoms with Gasteiger partial charge in [0.1, 0.15) is 5.75 Å². The first-order chi connectivity index (χ1) is 11.3. The molecule has 0 amide bonds. The summed E-state index contributed by atoms with van der Waals surface area (Å²) in [5.41, 5.74) is 6.87. The van der Waals surface area contributed by atoms with Crippen molar-refractivity contribution in [3.63, 3.8) is 0 Å². The van der Waals surface area contributed by atoms with Gasteiger partial charge in [0.15, 0.2) is 0 Å². The predicted octanol–water partition coefficient (Wildman–Crippen LogP) is 4.42. The van der Waals surface area contributed by atoms with Gasteiger partial charge < -0.3 is 10.5 Å². The van der Waals surface area contributed by atoms with Crippen molar-refractivity contribution in [2.75, 3.05) is 5.43 Å². The fourth-order valence-corrected chi connectivity index (χ4v) is 2.46. The van der Waals surface area contributed by atoms with Gasteiger partial charge in [-0.2, -0.15) is 0 Å². The van der Waals surface area contributed by atoms with Crippen LogP contribution in [0.1, 0.15) is 11.1 Å². The predicted molar refractivity (Wildman–Crippen MR) is 93.9 cm³/mol. The molecule has 0 aromatic heterocycles. The molecule has 0 aliphatic rings. The molecule has 23 heavy (non-hydrogen) atoms. The lowest BCUT2D eigenvalue weighted by atomic mass is 10.2. The highest BCUT2D eigenvalue weighted by Gasteiger charge is 2.07. The van der Waals surface area contributed by atoms with E-state index >= 15 is 0 Å². The van der Waals surface area contributed by atoms with Crippen molar-refractivity contribution in [2.24, 2.45) is 0 Å². The number of hydrogen-bond acceptors (Lipinski definition) is 3. The van der Waals surface area contributed by atoms with Gasteiger partial charge >= 0.3 is 0 Å². The van der Waals surface area contributed by atoms with Gasteiger partial charge in [-0.15, -0.1) is 0 Å². The van der Waals surface area contributed by atoms with Crippen molar-refractivity contribution in [2.45, 2.75) is 13.1 Å². The lowest BCUT2D eigenvalue weighted by Crippen LogP contribution is -2.29. The highest BCUT2D eigenvalue weighted by molar-refractivity contribution is 5.45. The highest BCUT2D eigenvalue weighted by Crippen LogP contribution is 2.17. The molecule has 0 heterocycles. The van der Waals surface area contributed by atoms with Crippen LogP contribution in [0.15, 0.2) is 84.9 Å². The van der Waals surface area contributed by atoms with E-state index in [2.05, 4.69) is 59.0 Å². The van der Waals surface area contributed by atoms with E-state index in [9.17, 15) is 5.11 Å². The molecule has 0 fully saturated rings. The Kier molecular flexibility index (Phi) is 4.92. The molecule has 0 saturated heterocycles. The Balaban J connectivity index is 1.76. The summed E-state index contributed by atoms with van der Waals surface area (Å²) in [7, 11) is 0. The molecule has 0 radical (unpaired) electrons. The monoisotopic (exact) mass is 304 g/mol. The van der Waals surface area contributed by atoms with Gasteiger partial charge in [-0.05, 0) is 35.4 Å². The smallest absolute Gasteiger partial charge is 0.115 e. The molecule has 3 nitrogen and oxygen atoms in total. The van der Waals surface area contributed by atoms with Gasteiger partial charge in [-0.1, -0.05) is 60.7 Å². The Hall–Kier alpha value is -2.78. The summed E-state index contributed by atoms with van der Waals surface area (Å²) < 4.78 is 0. The van der Waals surface area contributed by atoms with E-state index in [0.29, 0.717) is 0 Å². The van der Waals surface area contributed by atoms with Gasteiger partial charge in [-0.3, -0.25) is 0 Å². The van der Waals surface area contributed by atoms with Gasteiger partial charge in [0.25, 0.3) is 0 Å². The second-order valence-electron chi connectivity index (χ2n) is 5.49. The number of phenolic OH excluding ortho intramolecular Hbond substituents is 1. The van der Waals surface area contributed by atoms with Crippen LogP contribution in [-0.2, 0) is 13.1 Å². The highest BCUT2D eigenvalue weighted by atomic mass is 16.3. The van der Waals surface area contributed by atoms with E-state index in [0.717, 1.165) is 18.8 Å². The van der Waals surface area contributed by atoms with Crippen LogP contribution in [0.2, 0.25) is 0 Å². The molecule has 0 aliphatic carbocycles. The molecule has 0 aliphatic heterocycles. The first-order valence-corrected chi connectivity index (χ1v) is 7.68. The number of anilines is 1. The van der Waals surface area contributed by atoms with E-state index in [1.54, 1.807) is 12.1 Å². The zero-order valence-electron chi connectivity index (χ0n) is 12.9. The molecular formula is C20H20N2O. The Morgan fingerprint density at radius 3 is 1.61 bits per heavy atom. The summed E-state index contributed by atoms with van der Waals surface area (Å²) in [6.07, 6.45) is 0. The fourth-order valence-electron chi connectivity index (χ4n) is 2.46. The third kappa shape index (κ3) is 4.59. The van der Waals surface area contributed by atoms with Crippen LogP contribution in [0.5, 0.6) is 5.75 Å². The molecular weight excluding hydrogens is 284 g/mol. The topological polar surface area (TPSA) is 35.5 Å². The number of hydrazine groups is 1. The summed E-state index contributed by atoms with van der Waals surface area (Å²) in [6.45, 7) is 1.58. The average molecular weight is 304 g/mol. The van der Waals surface area contributed by atoms with E-state index in [1.807, 2.05) is 24.3 Å². The Labute approximate surface area is 136 Å². The number of nitrogens with zero attached hydrogens (tertiary/aromatic N) is 1. The van der Waals surface area contributed by atoms with Gasteiger partial charge in [0, 0.05) is 18.8 Å². The Morgan fingerprint density at radius 1 is 0.652 bits per heavy atom. The van der Waals surface area contributed by atoms with Crippen LogP contribution < -0.4 is 5.43 Å². The van der Waals surface area contributed by atoms with Crippen molar-refractivity contribution in [1.29, 1.82) is 0 Å². The number of phenols is 1. The zero-order valence-corrected chi connectivity index (χ0v) is 12.9. The number of benzene rings is 3. The minimum Gasteiger partial charge on any atom is -0.508 e. The van der Waals surface area contributed by atoms with Gasteiger partial charge in [-0.25, -0.2) is 5.01 Å². The van der Waals surface area contributed by atoms with Crippen LogP contribution in [-0.4, -0.2) is 10.1 Å². The summed E-state index contributed by atoms with van der Waals surface area (Å²) in [4.78, 5) is 0. The second kappa shape index (κ2) is 7.47. The maximum atomic E-state index is 9.42. The van der Waals surface area contributed by atoms with E-state index in [-0.39, 0.29) is 5.75 Å². The quantitative estimate of drug-likeness (QED) is 0.522. The molecule has 3 aromatic rings. The summed E-state index contributed by atoms with van der Waals surface area (Å²) >= 11 is 0. The fraction of sp³-hybridized carbons (Fsp3) is 0.100. The summed E-state index contributed by atoms with van der Waals surface area (Å²) in [5.74, 6) is 0.271. The molecule has 3 aromatic carbocycles. The molecule has 2 N–H and O–H groups in total. The zero-order chi connectivity index (χ0) is 15.9. The normalized spacial score (nSPS) is 10.7. The second-order valence-corrected chi connectivity index (χ2v) is 5.49. The molecule has 0 atom stereocenters. The maximum Gasteiger partial charge on any atom is 0.115 e. The maximum absolute atomic E-state index is 9.42. The molecule has 116 valence electrons. The van der Waals surface area contributed by atoms with Gasteiger partial charge in [0.2, 0.25) is 0 Å². The first kappa shape index (κ1) is 15.1. The van der Waals surface area contributed by atoms with E-state index in [4.69, 9.17) is 0 Å². The standard InChI is InChI=1S/C20H20N2O/c23-20-13-11-19(12-14-20)21-22(15-17-7-3-1-4-8-17)16-18-9-5-2-6-10-18/h1-14,21,23H,15-16H2. The van der Waals surface area contributed by atoms with Crippen LogP contribution in [0.25, 0.3) is 0 Å². The molecule has 3 rings (SSSR count). The molecule has 3 heteroatoms. The summed E-state index contributed by atoms with van der Waals surface area (Å²) in [5, 5.41) is 11.6. The number of aromatic hydroxyl groups is 1. The largest absolute Gasteiger partial charge is 0.508 e. The lowest BCUT2D eigenvalue weighted by molar-refractivity contribution is 0.314. The average Bonchev–Trinajstić information content (AvgIpc) is 2.59. The van der Waals surface area contributed by atoms with Crippen molar-refractivity contribution in [3.8, 4) is 5.75 Å². The number of nitrogens with one attached hydrogen (secondary N) is 1. The third-order valence-electron chi connectivity index (χ3n) is 3.59. The minimum absolute atomic E-state index is 0.271. The van der Waals surface area contributed by atoms with E-state index in [1.165, 1.54) is 11.1 Å². The minimum atomic E-state index is 0.271. The van der Waals surface area contributed by atoms with Crippen molar-refractivity contribution >= 4 is 5.69 Å². The Morgan fingerprint density at radius 2 is 1.13 bits per heavy atom. The van der Waals surface area contributed by atoms with Crippen molar-refractivity contribution in [3.05, 3.63) is 96.1 Å². The van der Waals surface area contributed by atoms with E-state index < -0.39 is 0 Å². The number of hydrogen-bond donors (Lipinski definition) is 2. The SMILES string of the molecule is Oc1ccc(NN(Cc2ccccc2)Cc2ccccc2)cc1. The molecule has 0 saturated carbocycles. The van der Waals surface area contributed by atoms with Crippen molar-refractivity contribution in [1.82, 2.24) is 5.01 Å². The van der Waals surface area contributed by atoms with Crippen LogP contribution in [0, 0.1) is 0 Å². The molecule has 0 bridgehead atoms. The van der Waals surface area contributed by atoms with Crippen molar-refractivity contribution < 1.29 is 5.11 Å².